The van der Waals surface area contributed by atoms with Crippen LogP contribution in [0.2, 0.25) is 0 Å². The SMILES string of the molecule is CCc1[nH]nc(C(=O)NCc2cc(F)ccc2Br)c1N. The molecule has 0 radical (unpaired) electrons. The number of amides is 1. The van der Waals surface area contributed by atoms with E-state index in [0.29, 0.717) is 17.7 Å². The quantitative estimate of drug-likeness (QED) is 0.798. The van der Waals surface area contributed by atoms with Crippen molar-refractivity contribution in [3.8, 4) is 0 Å². The molecule has 1 aromatic carbocycles. The van der Waals surface area contributed by atoms with Crippen LogP contribution in [0.5, 0.6) is 0 Å². The van der Waals surface area contributed by atoms with Crippen LogP contribution < -0.4 is 11.1 Å². The van der Waals surface area contributed by atoms with Crippen LogP contribution in [0, 0.1) is 5.82 Å². The maximum absolute atomic E-state index is 13.1. The number of hydrogen-bond donors (Lipinski definition) is 3. The van der Waals surface area contributed by atoms with E-state index in [1.165, 1.54) is 12.1 Å². The molecule has 20 heavy (non-hydrogen) atoms. The molecule has 2 aromatic rings. The fourth-order valence-electron chi connectivity index (χ4n) is 1.77. The summed E-state index contributed by atoms with van der Waals surface area (Å²) < 4.78 is 13.9. The van der Waals surface area contributed by atoms with Crippen molar-refractivity contribution in [2.45, 2.75) is 19.9 Å². The van der Waals surface area contributed by atoms with Crippen LogP contribution in [0.3, 0.4) is 0 Å². The van der Waals surface area contributed by atoms with E-state index in [1.54, 1.807) is 6.07 Å². The molecule has 0 aliphatic heterocycles. The lowest BCUT2D eigenvalue weighted by atomic mass is 10.2. The fourth-order valence-corrected chi connectivity index (χ4v) is 2.15. The Hall–Kier alpha value is -1.89. The van der Waals surface area contributed by atoms with E-state index in [1.807, 2.05) is 6.92 Å². The van der Waals surface area contributed by atoms with Crippen molar-refractivity contribution < 1.29 is 9.18 Å². The van der Waals surface area contributed by atoms with Crippen molar-refractivity contribution in [1.82, 2.24) is 15.5 Å². The topological polar surface area (TPSA) is 83.8 Å². The number of halogens is 2. The molecule has 4 N–H and O–H groups in total. The molecule has 7 heteroatoms. The van der Waals surface area contributed by atoms with Crippen molar-refractivity contribution in [3.63, 3.8) is 0 Å². The summed E-state index contributed by atoms with van der Waals surface area (Å²) in [6, 6.07) is 4.29. The summed E-state index contributed by atoms with van der Waals surface area (Å²) in [6.45, 7) is 2.10. The van der Waals surface area contributed by atoms with E-state index < -0.39 is 5.91 Å². The van der Waals surface area contributed by atoms with Gasteiger partial charge in [-0.15, -0.1) is 0 Å². The van der Waals surface area contributed by atoms with Crippen LogP contribution in [-0.2, 0) is 13.0 Å². The minimum absolute atomic E-state index is 0.161. The monoisotopic (exact) mass is 340 g/mol. The van der Waals surface area contributed by atoms with E-state index in [0.717, 1.165) is 10.2 Å². The molecule has 2 rings (SSSR count). The summed E-state index contributed by atoms with van der Waals surface area (Å²) in [7, 11) is 0. The standard InChI is InChI=1S/C13H14BrFN4O/c1-2-10-11(16)12(19-18-10)13(20)17-6-7-5-8(15)3-4-9(7)14/h3-5H,2,6,16H2,1H3,(H,17,20)(H,18,19). The first-order valence-corrected chi connectivity index (χ1v) is 6.87. The number of nitrogens with one attached hydrogen (secondary N) is 2. The van der Waals surface area contributed by atoms with Crippen LogP contribution in [-0.4, -0.2) is 16.1 Å². The molecule has 0 saturated heterocycles. The third-order valence-corrected chi connectivity index (χ3v) is 3.67. The van der Waals surface area contributed by atoms with Gasteiger partial charge in [0.2, 0.25) is 0 Å². The highest BCUT2D eigenvalue weighted by molar-refractivity contribution is 9.10. The molecule has 0 aliphatic rings. The van der Waals surface area contributed by atoms with Gasteiger partial charge in [0.15, 0.2) is 5.69 Å². The Labute approximate surface area is 123 Å². The lowest BCUT2D eigenvalue weighted by Gasteiger charge is -2.06. The van der Waals surface area contributed by atoms with Gasteiger partial charge in [-0.05, 0) is 30.2 Å². The van der Waals surface area contributed by atoms with Crippen LogP contribution in [0.15, 0.2) is 22.7 Å². The number of nitrogens with zero attached hydrogens (tertiary/aromatic N) is 1. The largest absolute Gasteiger partial charge is 0.395 e. The average molecular weight is 341 g/mol. The summed E-state index contributed by atoms with van der Waals surface area (Å²) >= 11 is 3.30. The van der Waals surface area contributed by atoms with Crippen molar-refractivity contribution in [3.05, 3.63) is 45.4 Å². The van der Waals surface area contributed by atoms with E-state index in [-0.39, 0.29) is 18.1 Å². The number of H-pyrrole nitrogens is 1. The Morgan fingerprint density at radius 1 is 1.55 bits per heavy atom. The Balaban J connectivity index is 2.08. The molecule has 0 spiro atoms. The van der Waals surface area contributed by atoms with Gasteiger partial charge in [0.1, 0.15) is 5.82 Å². The minimum Gasteiger partial charge on any atom is -0.395 e. The zero-order valence-corrected chi connectivity index (χ0v) is 12.4. The number of carbonyl (C=O) groups is 1. The number of hydrogen-bond acceptors (Lipinski definition) is 3. The van der Waals surface area contributed by atoms with Crippen molar-refractivity contribution in [1.29, 1.82) is 0 Å². The summed E-state index contributed by atoms with van der Waals surface area (Å²) in [5.41, 5.74) is 7.69. The number of carbonyl (C=O) groups excluding carboxylic acids is 1. The van der Waals surface area contributed by atoms with E-state index in [4.69, 9.17) is 5.73 Å². The highest BCUT2D eigenvalue weighted by Gasteiger charge is 2.16. The predicted molar refractivity (Wildman–Crippen MR) is 77.6 cm³/mol. The number of aromatic amines is 1. The Bertz CT molecular complexity index is 641. The van der Waals surface area contributed by atoms with Crippen LogP contribution in [0.25, 0.3) is 0 Å². The molecule has 0 fully saturated rings. The van der Waals surface area contributed by atoms with Crippen molar-refractivity contribution in [2.24, 2.45) is 0 Å². The lowest BCUT2D eigenvalue weighted by molar-refractivity contribution is 0.0946. The smallest absolute Gasteiger partial charge is 0.274 e. The number of nitrogen functional groups attached to an aromatic ring is 1. The highest BCUT2D eigenvalue weighted by Crippen LogP contribution is 2.18. The van der Waals surface area contributed by atoms with Crippen LogP contribution in [0.4, 0.5) is 10.1 Å². The van der Waals surface area contributed by atoms with Gasteiger partial charge in [0.05, 0.1) is 11.4 Å². The fraction of sp³-hybridized carbons (Fsp3) is 0.231. The second kappa shape index (κ2) is 6.04. The van der Waals surface area contributed by atoms with Crippen LogP contribution in [0.1, 0.15) is 28.7 Å². The first kappa shape index (κ1) is 14.5. The van der Waals surface area contributed by atoms with E-state index >= 15 is 0 Å². The van der Waals surface area contributed by atoms with Gasteiger partial charge in [0, 0.05) is 11.0 Å². The molecule has 0 atom stereocenters. The number of aromatic nitrogens is 2. The first-order chi connectivity index (χ1) is 9.52. The average Bonchev–Trinajstić information content (AvgIpc) is 2.80. The number of benzene rings is 1. The Morgan fingerprint density at radius 2 is 2.30 bits per heavy atom. The van der Waals surface area contributed by atoms with Gasteiger partial charge in [0.25, 0.3) is 5.91 Å². The van der Waals surface area contributed by atoms with Gasteiger partial charge >= 0.3 is 0 Å². The molecule has 5 nitrogen and oxygen atoms in total. The summed E-state index contributed by atoms with van der Waals surface area (Å²) in [5, 5.41) is 9.27. The zero-order valence-electron chi connectivity index (χ0n) is 10.8. The molecule has 1 amide bonds. The zero-order chi connectivity index (χ0) is 14.7. The molecular formula is C13H14BrFN4O. The lowest BCUT2D eigenvalue weighted by Crippen LogP contribution is -2.24. The number of anilines is 1. The van der Waals surface area contributed by atoms with Gasteiger partial charge in [-0.3, -0.25) is 9.89 Å². The predicted octanol–water partition coefficient (Wildman–Crippen LogP) is 2.39. The number of aryl methyl sites for hydroxylation is 1. The maximum atomic E-state index is 13.1. The molecular weight excluding hydrogens is 327 g/mol. The first-order valence-electron chi connectivity index (χ1n) is 6.07. The van der Waals surface area contributed by atoms with Crippen LogP contribution >= 0.6 is 15.9 Å². The normalized spacial score (nSPS) is 10.6. The highest BCUT2D eigenvalue weighted by atomic mass is 79.9. The molecule has 1 heterocycles. The van der Waals surface area contributed by atoms with E-state index in [2.05, 4.69) is 31.4 Å². The second-order valence-electron chi connectivity index (χ2n) is 4.24. The van der Waals surface area contributed by atoms with Gasteiger partial charge < -0.3 is 11.1 Å². The molecule has 0 saturated carbocycles. The third-order valence-electron chi connectivity index (χ3n) is 2.90. The molecule has 0 bridgehead atoms. The Morgan fingerprint density at radius 3 is 2.95 bits per heavy atom. The number of nitrogens with two attached hydrogens (primary N) is 1. The van der Waals surface area contributed by atoms with Crippen molar-refractivity contribution in [2.75, 3.05) is 5.73 Å². The third kappa shape index (κ3) is 2.98. The Kier molecular flexibility index (Phi) is 4.39. The maximum Gasteiger partial charge on any atom is 0.274 e. The summed E-state index contributed by atoms with van der Waals surface area (Å²) in [5.74, 6) is -0.750. The molecule has 1 aromatic heterocycles. The van der Waals surface area contributed by atoms with Gasteiger partial charge in [-0.2, -0.15) is 5.10 Å². The van der Waals surface area contributed by atoms with Crippen molar-refractivity contribution >= 4 is 27.5 Å². The van der Waals surface area contributed by atoms with Gasteiger partial charge in [-0.1, -0.05) is 22.9 Å². The van der Waals surface area contributed by atoms with Gasteiger partial charge in [-0.25, -0.2) is 4.39 Å². The number of rotatable bonds is 4. The molecule has 0 aliphatic carbocycles. The summed E-state index contributed by atoms with van der Waals surface area (Å²) in [6.07, 6.45) is 0.668. The van der Waals surface area contributed by atoms with E-state index in [9.17, 15) is 9.18 Å². The second-order valence-corrected chi connectivity index (χ2v) is 5.09. The molecule has 106 valence electrons. The minimum atomic E-state index is -0.394. The summed E-state index contributed by atoms with van der Waals surface area (Å²) in [4.78, 5) is 12.0. The molecule has 0 unspecified atom stereocenters.